The van der Waals surface area contributed by atoms with Gasteiger partial charge in [-0.15, -0.1) is 15.0 Å². The molecule has 0 fully saturated rings. The maximum absolute atomic E-state index is 10.8. The van der Waals surface area contributed by atoms with Crippen LogP contribution in [-0.4, -0.2) is 25.1 Å². The Morgan fingerprint density at radius 3 is 2.64 bits per heavy atom. The highest BCUT2D eigenvalue weighted by atomic mass is 16.6. The molecule has 0 aliphatic heterocycles. The van der Waals surface area contributed by atoms with Crippen LogP contribution >= 0.6 is 0 Å². The topological polar surface area (TPSA) is 111 Å². The number of nitrogens with zero attached hydrogens (tertiary/aromatic N) is 6. The maximum Gasteiger partial charge on any atom is 0.270 e. The minimum Gasteiger partial charge on any atom is -0.258 e. The lowest BCUT2D eigenvalue weighted by Gasteiger charge is -2.01. The molecule has 0 amide bonds. The van der Waals surface area contributed by atoms with E-state index in [1.165, 1.54) is 23.0 Å². The van der Waals surface area contributed by atoms with Crippen molar-refractivity contribution < 1.29 is 4.92 Å². The van der Waals surface area contributed by atoms with Crippen molar-refractivity contribution in [2.45, 2.75) is 0 Å². The van der Waals surface area contributed by atoms with Crippen molar-refractivity contribution in [1.82, 2.24) is 20.2 Å². The average Bonchev–Trinajstić information content (AvgIpc) is 3.04. The summed E-state index contributed by atoms with van der Waals surface area (Å²) in [5.74, 6) is 0.405. The van der Waals surface area contributed by atoms with Crippen LogP contribution in [0.1, 0.15) is 5.56 Å². The van der Waals surface area contributed by atoms with Crippen molar-refractivity contribution >= 4 is 5.69 Å². The number of nitro benzene ring substituents is 1. The minimum absolute atomic E-state index is 0.103. The third-order valence-electron chi connectivity index (χ3n) is 2.97. The molecule has 0 spiro atoms. The number of nitriles is 1. The zero-order chi connectivity index (χ0) is 15.5. The van der Waals surface area contributed by atoms with Crippen LogP contribution in [0.25, 0.3) is 17.1 Å². The fourth-order valence-electron chi connectivity index (χ4n) is 1.92. The Morgan fingerprint density at radius 2 is 1.95 bits per heavy atom. The van der Waals surface area contributed by atoms with Crippen LogP contribution in [0.3, 0.4) is 0 Å². The van der Waals surface area contributed by atoms with Gasteiger partial charge in [0, 0.05) is 17.7 Å². The van der Waals surface area contributed by atoms with Crippen molar-refractivity contribution in [3.05, 3.63) is 64.2 Å². The van der Waals surface area contributed by atoms with Gasteiger partial charge in [-0.1, -0.05) is 30.3 Å². The molecule has 3 rings (SSSR count). The summed E-state index contributed by atoms with van der Waals surface area (Å²) in [7, 11) is 0. The van der Waals surface area contributed by atoms with Gasteiger partial charge < -0.3 is 0 Å². The Kier molecular flexibility index (Phi) is 3.29. The highest BCUT2D eigenvalue weighted by Gasteiger charge is 2.14. The number of rotatable bonds is 3. The minimum atomic E-state index is -0.561. The van der Waals surface area contributed by atoms with Crippen molar-refractivity contribution in [3.63, 3.8) is 0 Å². The molecule has 1 heterocycles. The molecule has 8 nitrogen and oxygen atoms in total. The summed E-state index contributed by atoms with van der Waals surface area (Å²) >= 11 is 0. The third-order valence-corrected chi connectivity index (χ3v) is 2.97. The first kappa shape index (κ1) is 13.4. The van der Waals surface area contributed by atoms with E-state index in [1.54, 1.807) is 0 Å². The Hall–Kier alpha value is -3.60. The Morgan fingerprint density at radius 1 is 1.18 bits per heavy atom. The van der Waals surface area contributed by atoms with Crippen LogP contribution in [0, 0.1) is 21.4 Å². The first-order chi connectivity index (χ1) is 10.7. The maximum atomic E-state index is 10.8. The number of aromatic nitrogens is 4. The van der Waals surface area contributed by atoms with E-state index in [9.17, 15) is 10.1 Å². The molecule has 0 atom stereocenters. The van der Waals surface area contributed by atoms with Gasteiger partial charge in [-0.3, -0.25) is 10.1 Å². The van der Waals surface area contributed by atoms with E-state index in [2.05, 4.69) is 15.4 Å². The largest absolute Gasteiger partial charge is 0.270 e. The molecule has 0 aliphatic rings. The molecule has 0 aliphatic carbocycles. The second kappa shape index (κ2) is 5.41. The summed E-state index contributed by atoms with van der Waals surface area (Å²) in [4.78, 5) is 11.4. The number of nitro groups is 1. The molecule has 0 saturated heterocycles. The van der Waals surface area contributed by atoms with Crippen molar-refractivity contribution in [2.75, 3.05) is 0 Å². The SMILES string of the molecule is N#Cc1cc([N+](=O)[O-])ccc1-n1nnc(-c2ccccc2)n1. The molecular weight excluding hydrogens is 284 g/mol. The molecule has 0 bridgehead atoms. The van der Waals surface area contributed by atoms with Gasteiger partial charge in [-0.05, 0) is 11.3 Å². The zero-order valence-corrected chi connectivity index (χ0v) is 11.1. The molecule has 3 aromatic rings. The van der Waals surface area contributed by atoms with Gasteiger partial charge >= 0.3 is 0 Å². The monoisotopic (exact) mass is 292 g/mol. The molecule has 0 N–H and O–H groups in total. The molecule has 22 heavy (non-hydrogen) atoms. The number of hydrogen-bond donors (Lipinski definition) is 0. The van der Waals surface area contributed by atoms with E-state index < -0.39 is 4.92 Å². The second-order valence-corrected chi connectivity index (χ2v) is 4.34. The van der Waals surface area contributed by atoms with Crippen LogP contribution in [0.5, 0.6) is 0 Å². The normalized spacial score (nSPS) is 10.1. The fraction of sp³-hybridized carbons (Fsp3) is 0. The summed E-state index contributed by atoms with van der Waals surface area (Å²) in [6.07, 6.45) is 0. The Balaban J connectivity index is 2.04. The smallest absolute Gasteiger partial charge is 0.258 e. The predicted molar refractivity (Wildman–Crippen MR) is 76.0 cm³/mol. The summed E-state index contributed by atoms with van der Waals surface area (Å²) in [5.41, 5.74) is 1.06. The first-order valence-electron chi connectivity index (χ1n) is 6.23. The Labute approximate surface area is 124 Å². The van der Waals surface area contributed by atoms with Crippen LogP contribution in [0.4, 0.5) is 5.69 Å². The lowest BCUT2D eigenvalue weighted by atomic mass is 10.2. The number of hydrogen-bond acceptors (Lipinski definition) is 6. The summed E-state index contributed by atoms with van der Waals surface area (Å²) < 4.78 is 0. The molecule has 106 valence electrons. The second-order valence-electron chi connectivity index (χ2n) is 4.34. The van der Waals surface area contributed by atoms with E-state index in [0.717, 1.165) is 5.56 Å². The van der Waals surface area contributed by atoms with Crippen LogP contribution in [0.15, 0.2) is 48.5 Å². The summed E-state index contributed by atoms with van der Waals surface area (Å²) in [6.45, 7) is 0. The van der Waals surface area contributed by atoms with Crippen LogP contribution < -0.4 is 0 Å². The van der Waals surface area contributed by atoms with Crippen LogP contribution in [0.2, 0.25) is 0 Å². The Bertz CT molecular complexity index is 882. The molecule has 0 saturated carbocycles. The average molecular weight is 292 g/mol. The van der Waals surface area contributed by atoms with Gasteiger partial charge in [-0.25, -0.2) is 0 Å². The molecule has 2 aromatic carbocycles. The highest BCUT2D eigenvalue weighted by molar-refractivity contribution is 5.56. The standard InChI is InChI=1S/C14H8N6O2/c15-9-11-8-12(20(21)22)6-7-13(11)19-17-14(16-18-19)10-4-2-1-3-5-10/h1-8H. The predicted octanol–water partition coefficient (Wildman–Crippen LogP) is 2.11. The van der Waals surface area contributed by atoms with E-state index in [-0.39, 0.29) is 11.3 Å². The van der Waals surface area contributed by atoms with Gasteiger partial charge in [0.1, 0.15) is 11.8 Å². The van der Waals surface area contributed by atoms with Crippen molar-refractivity contribution in [2.24, 2.45) is 0 Å². The molecule has 0 unspecified atom stereocenters. The van der Waals surface area contributed by atoms with E-state index >= 15 is 0 Å². The van der Waals surface area contributed by atoms with Gasteiger partial charge in [-0.2, -0.15) is 5.26 Å². The van der Waals surface area contributed by atoms with E-state index in [1.807, 2.05) is 36.4 Å². The highest BCUT2D eigenvalue weighted by Crippen LogP contribution is 2.20. The lowest BCUT2D eigenvalue weighted by molar-refractivity contribution is -0.384. The van der Waals surface area contributed by atoms with Gasteiger partial charge in [0.25, 0.3) is 5.69 Å². The molecule has 0 radical (unpaired) electrons. The summed E-state index contributed by atoms with van der Waals surface area (Å²) in [5, 5.41) is 31.9. The number of tetrazole rings is 1. The van der Waals surface area contributed by atoms with Gasteiger partial charge in [0.15, 0.2) is 0 Å². The van der Waals surface area contributed by atoms with Crippen molar-refractivity contribution in [3.8, 4) is 23.1 Å². The number of benzene rings is 2. The molecular formula is C14H8N6O2. The zero-order valence-electron chi connectivity index (χ0n) is 11.1. The van der Waals surface area contributed by atoms with Crippen LogP contribution in [-0.2, 0) is 0 Å². The van der Waals surface area contributed by atoms with E-state index in [4.69, 9.17) is 5.26 Å². The fourth-order valence-corrected chi connectivity index (χ4v) is 1.92. The molecule has 8 heteroatoms. The molecule has 1 aromatic heterocycles. The van der Waals surface area contributed by atoms with E-state index in [0.29, 0.717) is 11.5 Å². The van der Waals surface area contributed by atoms with Gasteiger partial charge in [0.05, 0.1) is 10.5 Å². The first-order valence-corrected chi connectivity index (χ1v) is 6.23. The summed E-state index contributed by atoms with van der Waals surface area (Å²) in [6, 6.07) is 15.0. The lowest BCUT2D eigenvalue weighted by Crippen LogP contribution is -2.03. The van der Waals surface area contributed by atoms with Gasteiger partial charge in [0.2, 0.25) is 5.82 Å². The number of non-ortho nitro benzene ring substituents is 1. The van der Waals surface area contributed by atoms with Crippen molar-refractivity contribution in [1.29, 1.82) is 5.26 Å². The third kappa shape index (κ3) is 2.38. The quantitative estimate of drug-likeness (QED) is 0.540.